The summed E-state index contributed by atoms with van der Waals surface area (Å²) in [5.74, 6) is -0.266. The number of nitrogens with one attached hydrogen (secondary N) is 1. The number of rotatable bonds is 6. The molecule has 8 heteroatoms. The Morgan fingerprint density at radius 3 is 2.20 bits per heavy atom. The second-order valence-corrected chi connectivity index (χ2v) is 10.2. The van der Waals surface area contributed by atoms with Crippen molar-refractivity contribution in [1.29, 1.82) is 0 Å². The van der Waals surface area contributed by atoms with E-state index in [1.54, 1.807) is 6.07 Å². The molecule has 0 spiro atoms. The predicted molar refractivity (Wildman–Crippen MR) is 136 cm³/mol. The van der Waals surface area contributed by atoms with Gasteiger partial charge in [-0.25, -0.2) is 4.39 Å². The molecule has 186 valence electrons. The maximum Gasteiger partial charge on any atom is 0.254 e. The first-order valence-corrected chi connectivity index (χ1v) is 13.3. The number of hydrogen-bond donors (Lipinski definition) is 1. The number of amides is 3. The number of anilines is 1. The topological polar surface area (TPSA) is 69.7 Å². The van der Waals surface area contributed by atoms with Crippen molar-refractivity contribution in [2.45, 2.75) is 43.4 Å². The van der Waals surface area contributed by atoms with E-state index in [0.29, 0.717) is 37.2 Å². The van der Waals surface area contributed by atoms with Gasteiger partial charge in [0.25, 0.3) is 5.91 Å². The van der Waals surface area contributed by atoms with Crippen LogP contribution in [0, 0.1) is 11.7 Å². The van der Waals surface area contributed by atoms with Crippen LogP contribution < -0.4 is 5.32 Å². The molecule has 35 heavy (non-hydrogen) atoms. The largest absolute Gasteiger partial charge is 0.342 e. The molecule has 0 aliphatic carbocycles. The molecule has 4 rings (SSSR count). The molecule has 0 bridgehead atoms. The molecule has 0 radical (unpaired) electrons. The summed E-state index contributed by atoms with van der Waals surface area (Å²) in [6.07, 6.45) is 5.94. The van der Waals surface area contributed by atoms with Crippen molar-refractivity contribution in [3.8, 4) is 0 Å². The predicted octanol–water partition coefficient (Wildman–Crippen LogP) is 4.81. The van der Waals surface area contributed by atoms with Gasteiger partial charge in [-0.05, 0) is 62.1 Å². The highest BCUT2D eigenvalue weighted by Gasteiger charge is 2.31. The fourth-order valence-corrected chi connectivity index (χ4v) is 5.54. The van der Waals surface area contributed by atoms with Gasteiger partial charge in [0.15, 0.2) is 0 Å². The third kappa shape index (κ3) is 6.84. The third-order valence-electron chi connectivity index (χ3n) is 6.65. The highest BCUT2D eigenvalue weighted by atomic mass is 32.2. The fraction of sp³-hybridized carbons (Fsp3) is 0.444. The molecule has 3 amide bonds. The summed E-state index contributed by atoms with van der Waals surface area (Å²) in [6.45, 7) is 2.84. The minimum Gasteiger partial charge on any atom is -0.342 e. The molecule has 2 fully saturated rings. The van der Waals surface area contributed by atoms with E-state index in [1.165, 1.54) is 48.9 Å². The average molecular weight is 498 g/mol. The molecule has 6 nitrogen and oxygen atoms in total. The lowest BCUT2D eigenvalue weighted by atomic mass is 9.94. The number of carbonyl (C=O) groups is 3. The van der Waals surface area contributed by atoms with Crippen molar-refractivity contribution in [2.75, 3.05) is 37.2 Å². The van der Waals surface area contributed by atoms with Crippen LogP contribution in [0.25, 0.3) is 0 Å². The first kappa shape index (κ1) is 25.2. The molecular formula is C27H32FN3O3S. The van der Waals surface area contributed by atoms with E-state index in [0.717, 1.165) is 30.8 Å². The zero-order valence-electron chi connectivity index (χ0n) is 19.9. The molecule has 2 heterocycles. The van der Waals surface area contributed by atoms with Gasteiger partial charge in [-0.3, -0.25) is 14.4 Å². The van der Waals surface area contributed by atoms with E-state index in [-0.39, 0.29) is 35.2 Å². The minimum absolute atomic E-state index is 0.00285. The van der Waals surface area contributed by atoms with Crippen LogP contribution in [0.4, 0.5) is 10.1 Å². The number of nitrogens with zero attached hydrogens (tertiary/aromatic N) is 2. The van der Waals surface area contributed by atoms with Crippen LogP contribution in [-0.4, -0.2) is 59.5 Å². The van der Waals surface area contributed by atoms with E-state index in [9.17, 15) is 18.8 Å². The van der Waals surface area contributed by atoms with Crippen molar-refractivity contribution in [3.63, 3.8) is 0 Å². The van der Waals surface area contributed by atoms with Crippen molar-refractivity contribution < 1.29 is 18.8 Å². The maximum absolute atomic E-state index is 13.3. The zero-order valence-corrected chi connectivity index (χ0v) is 20.7. The van der Waals surface area contributed by atoms with Crippen molar-refractivity contribution >= 4 is 35.2 Å². The van der Waals surface area contributed by atoms with Crippen molar-refractivity contribution in [2.24, 2.45) is 5.92 Å². The van der Waals surface area contributed by atoms with Gasteiger partial charge in [0.1, 0.15) is 5.82 Å². The summed E-state index contributed by atoms with van der Waals surface area (Å²) in [5, 5.41) is 2.74. The van der Waals surface area contributed by atoms with Crippen LogP contribution in [0.3, 0.4) is 0 Å². The van der Waals surface area contributed by atoms with Gasteiger partial charge >= 0.3 is 0 Å². The van der Waals surface area contributed by atoms with Crippen LogP contribution in [0.2, 0.25) is 0 Å². The summed E-state index contributed by atoms with van der Waals surface area (Å²) in [7, 11) is 0. The highest BCUT2D eigenvalue weighted by Crippen LogP contribution is 2.27. The van der Waals surface area contributed by atoms with Gasteiger partial charge in [-0.1, -0.05) is 25.0 Å². The Morgan fingerprint density at radius 2 is 1.51 bits per heavy atom. The summed E-state index contributed by atoms with van der Waals surface area (Å²) in [4.78, 5) is 43.2. The van der Waals surface area contributed by atoms with Gasteiger partial charge in [-0.2, -0.15) is 0 Å². The number of likely N-dealkylation sites (tertiary alicyclic amines) is 2. The Balaban J connectivity index is 1.31. The van der Waals surface area contributed by atoms with Gasteiger partial charge in [0, 0.05) is 42.7 Å². The standard InChI is InChI=1S/C27H32FN3O3S/c28-21-9-11-22(12-10-21)29-25(32)19-35-24-8-4-3-7-23(24)27(34)31-17-13-20(14-18-31)26(33)30-15-5-1-2-6-16-30/h3-4,7-12,20H,1-2,5-6,13-19H2,(H,29,32). The normalized spacial score (nSPS) is 17.1. The lowest BCUT2D eigenvalue weighted by Gasteiger charge is -2.34. The van der Waals surface area contributed by atoms with E-state index < -0.39 is 0 Å². The molecule has 0 atom stereocenters. The first-order chi connectivity index (χ1) is 17.0. The lowest BCUT2D eigenvalue weighted by Crippen LogP contribution is -2.44. The SMILES string of the molecule is O=C(CSc1ccccc1C(=O)N1CCC(C(=O)N2CCCCCC2)CC1)Nc1ccc(F)cc1. The minimum atomic E-state index is -0.361. The Bertz CT molecular complexity index is 1030. The zero-order chi connectivity index (χ0) is 24.6. The lowest BCUT2D eigenvalue weighted by molar-refractivity contribution is -0.136. The fourth-order valence-electron chi connectivity index (χ4n) is 4.69. The van der Waals surface area contributed by atoms with E-state index in [2.05, 4.69) is 5.32 Å². The summed E-state index contributed by atoms with van der Waals surface area (Å²) in [6, 6.07) is 12.9. The molecule has 2 saturated heterocycles. The third-order valence-corrected chi connectivity index (χ3v) is 7.73. The van der Waals surface area contributed by atoms with Crippen LogP contribution in [0.15, 0.2) is 53.4 Å². The van der Waals surface area contributed by atoms with Crippen molar-refractivity contribution in [3.05, 3.63) is 59.9 Å². The van der Waals surface area contributed by atoms with Gasteiger partial charge in [-0.15, -0.1) is 11.8 Å². The quantitative estimate of drug-likeness (QED) is 0.582. The van der Waals surface area contributed by atoms with Crippen LogP contribution in [0.1, 0.15) is 48.9 Å². The number of benzene rings is 2. The molecule has 0 aromatic heterocycles. The van der Waals surface area contributed by atoms with Crippen LogP contribution >= 0.6 is 11.8 Å². The maximum atomic E-state index is 13.3. The number of carbonyl (C=O) groups excluding carboxylic acids is 3. The average Bonchev–Trinajstić information content (AvgIpc) is 3.18. The molecular weight excluding hydrogens is 465 g/mol. The number of hydrogen-bond acceptors (Lipinski definition) is 4. The Morgan fingerprint density at radius 1 is 0.857 bits per heavy atom. The van der Waals surface area contributed by atoms with Gasteiger partial charge < -0.3 is 15.1 Å². The second-order valence-electron chi connectivity index (χ2n) is 9.15. The molecule has 2 aliphatic heterocycles. The van der Waals surface area contributed by atoms with E-state index in [1.807, 2.05) is 28.0 Å². The molecule has 0 saturated carbocycles. The smallest absolute Gasteiger partial charge is 0.254 e. The molecule has 1 N–H and O–H groups in total. The molecule has 2 aliphatic rings. The van der Waals surface area contributed by atoms with Crippen LogP contribution in [-0.2, 0) is 9.59 Å². The highest BCUT2D eigenvalue weighted by molar-refractivity contribution is 8.00. The summed E-state index contributed by atoms with van der Waals surface area (Å²) in [5.41, 5.74) is 1.10. The summed E-state index contributed by atoms with van der Waals surface area (Å²) < 4.78 is 13.1. The van der Waals surface area contributed by atoms with E-state index >= 15 is 0 Å². The second kappa shape index (κ2) is 12.2. The molecule has 2 aromatic carbocycles. The Labute approximate surface area is 210 Å². The molecule has 2 aromatic rings. The Kier molecular flexibility index (Phi) is 8.79. The number of halogens is 1. The van der Waals surface area contributed by atoms with Crippen LogP contribution in [0.5, 0.6) is 0 Å². The number of piperidine rings is 1. The monoisotopic (exact) mass is 497 g/mol. The summed E-state index contributed by atoms with van der Waals surface area (Å²) >= 11 is 1.30. The number of thioether (sulfide) groups is 1. The molecule has 0 unspecified atom stereocenters. The Hall–Kier alpha value is -2.87. The van der Waals surface area contributed by atoms with Gasteiger partial charge in [0.2, 0.25) is 11.8 Å². The van der Waals surface area contributed by atoms with Gasteiger partial charge in [0.05, 0.1) is 11.3 Å². The first-order valence-electron chi connectivity index (χ1n) is 12.4. The van der Waals surface area contributed by atoms with Crippen molar-refractivity contribution in [1.82, 2.24) is 9.80 Å². The van der Waals surface area contributed by atoms with E-state index in [4.69, 9.17) is 0 Å².